The molecule has 0 unspecified atom stereocenters. The number of ether oxygens (including phenoxy) is 1. The first-order valence-electron chi connectivity index (χ1n) is 2.71. The molecule has 0 bridgehead atoms. The van der Waals surface area contributed by atoms with Gasteiger partial charge in [-0.3, -0.25) is 0 Å². The summed E-state index contributed by atoms with van der Waals surface area (Å²) < 4.78 is 4.86. The number of halogens is 1. The van der Waals surface area contributed by atoms with E-state index < -0.39 is 0 Å². The molecule has 0 heterocycles. The van der Waals surface area contributed by atoms with Crippen LogP contribution in [0.25, 0.3) is 0 Å². The molecule has 0 atom stereocenters. The summed E-state index contributed by atoms with van der Waals surface area (Å²) in [5, 5.41) is 0.756. The van der Waals surface area contributed by atoms with Crippen molar-refractivity contribution >= 4 is 11.6 Å². The van der Waals surface area contributed by atoms with Gasteiger partial charge in [-0.1, -0.05) is 11.6 Å². The zero-order valence-electron chi connectivity index (χ0n) is 5.94. The molecule has 0 aliphatic heterocycles. The number of methoxy groups -OCH3 is 1. The first kappa shape index (κ1) is 8.57. The molecule has 0 aliphatic carbocycles. The molecule has 0 aromatic carbocycles. The van der Waals surface area contributed by atoms with Gasteiger partial charge in [-0.25, -0.2) is 0 Å². The molecule has 0 spiro atoms. The average Bonchev–Trinajstić information content (AvgIpc) is 1.83. The SMILES string of the molecule is CO/C(C)=C/C=C(\C)Cl. The van der Waals surface area contributed by atoms with Gasteiger partial charge in [-0.15, -0.1) is 0 Å². The lowest BCUT2D eigenvalue weighted by Gasteiger charge is -1.93. The molecule has 0 aliphatic rings. The van der Waals surface area contributed by atoms with E-state index >= 15 is 0 Å². The van der Waals surface area contributed by atoms with Crippen molar-refractivity contribution in [2.24, 2.45) is 0 Å². The zero-order chi connectivity index (χ0) is 7.28. The van der Waals surface area contributed by atoms with Crippen LogP contribution in [0.4, 0.5) is 0 Å². The molecule has 0 fully saturated rings. The third-order valence-electron chi connectivity index (χ3n) is 0.870. The number of hydrogen-bond acceptors (Lipinski definition) is 1. The van der Waals surface area contributed by atoms with E-state index in [1.165, 1.54) is 0 Å². The van der Waals surface area contributed by atoms with Crippen molar-refractivity contribution in [2.45, 2.75) is 13.8 Å². The van der Waals surface area contributed by atoms with Gasteiger partial charge in [-0.05, 0) is 26.0 Å². The fourth-order valence-electron chi connectivity index (χ4n) is 0.300. The van der Waals surface area contributed by atoms with Gasteiger partial charge in [0.25, 0.3) is 0 Å². The van der Waals surface area contributed by atoms with Crippen molar-refractivity contribution in [3.8, 4) is 0 Å². The Balaban J connectivity index is 3.83. The van der Waals surface area contributed by atoms with Gasteiger partial charge < -0.3 is 4.74 Å². The molecule has 0 aromatic heterocycles. The zero-order valence-corrected chi connectivity index (χ0v) is 6.70. The summed E-state index contributed by atoms with van der Waals surface area (Å²) in [7, 11) is 1.63. The van der Waals surface area contributed by atoms with Crippen LogP contribution in [0.3, 0.4) is 0 Å². The minimum Gasteiger partial charge on any atom is -0.501 e. The molecular weight excluding hydrogens is 136 g/mol. The standard InChI is InChI=1S/C7H11ClO/c1-6(8)4-5-7(2)9-3/h4-5H,1-3H3/b6-4+,7-5+. The number of hydrogen-bond donors (Lipinski definition) is 0. The van der Waals surface area contributed by atoms with Crippen LogP contribution < -0.4 is 0 Å². The van der Waals surface area contributed by atoms with Gasteiger partial charge in [-0.2, -0.15) is 0 Å². The van der Waals surface area contributed by atoms with Crippen LogP contribution in [0.5, 0.6) is 0 Å². The molecule has 0 amide bonds. The minimum atomic E-state index is 0.756. The number of allylic oxidation sites excluding steroid dienone is 4. The Morgan fingerprint density at radius 2 is 1.89 bits per heavy atom. The highest BCUT2D eigenvalue weighted by molar-refractivity contribution is 6.29. The largest absolute Gasteiger partial charge is 0.501 e. The third kappa shape index (κ3) is 5.44. The highest BCUT2D eigenvalue weighted by Crippen LogP contribution is 2.00. The molecule has 0 N–H and O–H groups in total. The Morgan fingerprint density at radius 1 is 1.33 bits per heavy atom. The van der Waals surface area contributed by atoms with Crippen LogP contribution in [0.1, 0.15) is 13.8 Å². The van der Waals surface area contributed by atoms with E-state index in [1.807, 2.05) is 19.9 Å². The van der Waals surface area contributed by atoms with Crippen molar-refractivity contribution in [1.29, 1.82) is 0 Å². The lowest BCUT2D eigenvalue weighted by Crippen LogP contribution is -1.75. The Morgan fingerprint density at radius 3 is 2.22 bits per heavy atom. The second kappa shape index (κ2) is 4.45. The summed E-state index contributed by atoms with van der Waals surface area (Å²) in [4.78, 5) is 0. The van der Waals surface area contributed by atoms with E-state index in [4.69, 9.17) is 16.3 Å². The fourth-order valence-corrected chi connectivity index (χ4v) is 0.363. The summed E-state index contributed by atoms with van der Waals surface area (Å²) in [6.45, 7) is 3.69. The summed E-state index contributed by atoms with van der Waals surface area (Å²) in [6, 6.07) is 0. The molecule has 52 valence electrons. The maximum atomic E-state index is 5.54. The van der Waals surface area contributed by atoms with Crippen LogP contribution in [0.15, 0.2) is 22.9 Å². The van der Waals surface area contributed by atoms with Gasteiger partial charge >= 0.3 is 0 Å². The van der Waals surface area contributed by atoms with Gasteiger partial charge in [0.05, 0.1) is 12.9 Å². The van der Waals surface area contributed by atoms with E-state index in [0.717, 1.165) is 10.8 Å². The minimum absolute atomic E-state index is 0.756. The van der Waals surface area contributed by atoms with Crippen molar-refractivity contribution < 1.29 is 4.74 Å². The second-order valence-electron chi connectivity index (χ2n) is 1.73. The Bertz CT molecular complexity index is 132. The Kier molecular flexibility index (Phi) is 4.24. The topological polar surface area (TPSA) is 9.23 Å². The van der Waals surface area contributed by atoms with E-state index in [0.29, 0.717) is 0 Å². The van der Waals surface area contributed by atoms with Crippen molar-refractivity contribution in [3.63, 3.8) is 0 Å². The van der Waals surface area contributed by atoms with Crippen LogP contribution in [0.2, 0.25) is 0 Å². The van der Waals surface area contributed by atoms with Crippen LogP contribution in [-0.2, 0) is 4.74 Å². The highest BCUT2D eigenvalue weighted by atomic mass is 35.5. The average molecular weight is 147 g/mol. The molecule has 0 saturated heterocycles. The molecular formula is C7H11ClO. The van der Waals surface area contributed by atoms with E-state index in [9.17, 15) is 0 Å². The predicted octanol–water partition coefficient (Wildman–Crippen LogP) is 2.68. The Hall–Kier alpha value is -0.430. The predicted molar refractivity (Wildman–Crippen MR) is 40.4 cm³/mol. The second-order valence-corrected chi connectivity index (χ2v) is 2.33. The van der Waals surface area contributed by atoms with Crippen molar-refractivity contribution in [2.75, 3.05) is 7.11 Å². The van der Waals surface area contributed by atoms with Crippen LogP contribution >= 0.6 is 11.6 Å². The first-order valence-corrected chi connectivity index (χ1v) is 3.09. The smallest absolute Gasteiger partial charge is 0.0924 e. The van der Waals surface area contributed by atoms with Crippen molar-refractivity contribution in [3.05, 3.63) is 22.9 Å². The third-order valence-corrected chi connectivity index (χ3v) is 0.996. The fraction of sp³-hybridized carbons (Fsp3) is 0.429. The summed E-state index contributed by atoms with van der Waals surface area (Å²) in [6.07, 6.45) is 3.61. The molecule has 0 radical (unpaired) electrons. The Labute approximate surface area is 61.0 Å². The molecule has 1 nitrogen and oxygen atoms in total. The highest BCUT2D eigenvalue weighted by Gasteiger charge is 1.79. The maximum absolute atomic E-state index is 5.54. The number of rotatable bonds is 2. The van der Waals surface area contributed by atoms with Crippen LogP contribution in [0, 0.1) is 0 Å². The quantitative estimate of drug-likeness (QED) is 0.430. The van der Waals surface area contributed by atoms with Crippen LogP contribution in [-0.4, -0.2) is 7.11 Å². The van der Waals surface area contributed by atoms with Gasteiger partial charge in [0.1, 0.15) is 0 Å². The van der Waals surface area contributed by atoms with E-state index in [-0.39, 0.29) is 0 Å². The lowest BCUT2D eigenvalue weighted by atomic mass is 10.4. The molecule has 0 aromatic rings. The molecule has 0 rings (SSSR count). The van der Waals surface area contributed by atoms with Gasteiger partial charge in [0.15, 0.2) is 0 Å². The first-order chi connectivity index (χ1) is 4.16. The van der Waals surface area contributed by atoms with E-state index in [2.05, 4.69) is 0 Å². The normalized spacial score (nSPS) is 13.8. The van der Waals surface area contributed by atoms with Crippen molar-refractivity contribution in [1.82, 2.24) is 0 Å². The molecule has 9 heavy (non-hydrogen) atoms. The molecule has 2 heteroatoms. The maximum Gasteiger partial charge on any atom is 0.0924 e. The monoisotopic (exact) mass is 146 g/mol. The summed E-state index contributed by atoms with van der Waals surface area (Å²) >= 11 is 5.54. The summed E-state index contributed by atoms with van der Waals surface area (Å²) in [5.74, 6) is 0.856. The van der Waals surface area contributed by atoms with E-state index in [1.54, 1.807) is 13.2 Å². The summed E-state index contributed by atoms with van der Waals surface area (Å²) in [5.41, 5.74) is 0. The van der Waals surface area contributed by atoms with Gasteiger partial charge in [0.2, 0.25) is 0 Å². The van der Waals surface area contributed by atoms with Gasteiger partial charge in [0, 0.05) is 5.03 Å². The molecule has 0 saturated carbocycles. The lowest BCUT2D eigenvalue weighted by molar-refractivity contribution is 0.294.